The number of carbonyl (C=O) groups excluding carboxylic acids is 1. The summed E-state index contributed by atoms with van der Waals surface area (Å²) in [4.78, 5) is 12.2. The number of nitrogens with one attached hydrogen (secondary N) is 2. The van der Waals surface area contributed by atoms with E-state index in [1.807, 2.05) is 0 Å². The molecular formula is C16H25ClN2O4. The monoisotopic (exact) mass is 344 g/mol. The Labute approximate surface area is 143 Å². The van der Waals surface area contributed by atoms with Gasteiger partial charge in [-0.05, 0) is 37.1 Å². The fourth-order valence-electron chi connectivity index (χ4n) is 2.68. The highest BCUT2D eigenvalue weighted by atomic mass is 35.5. The Bertz CT molecular complexity index is 494. The number of hydrogen-bond acceptors (Lipinski definition) is 5. The van der Waals surface area contributed by atoms with Crippen LogP contribution in [-0.4, -0.2) is 46.4 Å². The van der Waals surface area contributed by atoms with E-state index in [9.17, 15) is 4.79 Å². The van der Waals surface area contributed by atoms with Gasteiger partial charge in [0.2, 0.25) is 11.7 Å². The largest absolute Gasteiger partial charge is 0.493 e. The molecule has 0 unspecified atom stereocenters. The topological polar surface area (TPSA) is 68.8 Å². The van der Waals surface area contributed by atoms with Crippen LogP contribution in [0.2, 0.25) is 0 Å². The molecule has 1 atom stereocenters. The number of hydrogen-bond donors (Lipinski definition) is 2. The highest BCUT2D eigenvalue weighted by molar-refractivity contribution is 5.85. The second kappa shape index (κ2) is 9.47. The minimum absolute atomic E-state index is 0. The standard InChI is InChI=1S/C16H24N2O4.ClH/c1-20-13-7-11(8-14(21-2)16(13)22-3)9-15(19)18-12-5-4-6-17-10-12;/h7-8,12,17H,4-6,9-10H2,1-3H3,(H,18,19);1H/t12-;/m0./s1. The summed E-state index contributed by atoms with van der Waals surface area (Å²) >= 11 is 0. The van der Waals surface area contributed by atoms with Crippen molar-refractivity contribution in [1.29, 1.82) is 0 Å². The van der Waals surface area contributed by atoms with Crippen molar-refractivity contribution in [1.82, 2.24) is 10.6 Å². The second-order valence-corrected chi connectivity index (χ2v) is 5.32. The summed E-state index contributed by atoms with van der Waals surface area (Å²) < 4.78 is 15.9. The average Bonchev–Trinajstić information content (AvgIpc) is 2.54. The third kappa shape index (κ3) is 5.18. The Hall–Kier alpha value is -1.66. The maximum atomic E-state index is 12.2. The molecule has 1 aromatic carbocycles. The fraction of sp³-hybridized carbons (Fsp3) is 0.562. The number of halogens is 1. The Morgan fingerprint density at radius 3 is 2.35 bits per heavy atom. The number of rotatable bonds is 6. The molecule has 130 valence electrons. The van der Waals surface area contributed by atoms with Gasteiger partial charge in [-0.25, -0.2) is 0 Å². The summed E-state index contributed by atoms with van der Waals surface area (Å²) in [6.45, 7) is 1.86. The van der Waals surface area contributed by atoms with Gasteiger partial charge >= 0.3 is 0 Å². The molecule has 1 amide bonds. The Morgan fingerprint density at radius 2 is 1.87 bits per heavy atom. The lowest BCUT2D eigenvalue weighted by Crippen LogP contribution is -2.46. The number of methoxy groups -OCH3 is 3. The lowest BCUT2D eigenvalue weighted by atomic mass is 10.1. The Balaban J connectivity index is 0.00000264. The van der Waals surface area contributed by atoms with E-state index in [0.717, 1.165) is 31.5 Å². The summed E-state index contributed by atoms with van der Waals surface area (Å²) in [7, 11) is 4.69. The van der Waals surface area contributed by atoms with Gasteiger partial charge in [-0.1, -0.05) is 0 Å². The first-order valence-electron chi connectivity index (χ1n) is 7.47. The molecule has 0 bridgehead atoms. The molecular weight excluding hydrogens is 320 g/mol. The molecule has 7 heteroatoms. The van der Waals surface area contributed by atoms with Crippen LogP contribution in [0.3, 0.4) is 0 Å². The lowest BCUT2D eigenvalue weighted by molar-refractivity contribution is -0.121. The molecule has 0 spiro atoms. The van der Waals surface area contributed by atoms with Gasteiger partial charge in [0.25, 0.3) is 0 Å². The van der Waals surface area contributed by atoms with E-state index < -0.39 is 0 Å². The number of piperidine rings is 1. The van der Waals surface area contributed by atoms with Crippen molar-refractivity contribution >= 4 is 18.3 Å². The molecule has 0 aliphatic carbocycles. The van der Waals surface area contributed by atoms with E-state index in [2.05, 4.69) is 10.6 Å². The van der Waals surface area contributed by atoms with E-state index in [1.54, 1.807) is 33.5 Å². The van der Waals surface area contributed by atoms with Crippen molar-refractivity contribution in [3.8, 4) is 17.2 Å². The number of ether oxygens (including phenoxy) is 3. The van der Waals surface area contributed by atoms with Crippen molar-refractivity contribution in [2.75, 3.05) is 34.4 Å². The van der Waals surface area contributed by atoms with Crippen LogP contribution >= 0.6 is 12.4 Å². The average molecular weight is 345 g/mol. The van der Waals surface area contributed by atoms with Gasteiger partial charge in [0, 0.05) is 12.6 Å². The maximum absolute atomic E-state index is 12.2. The summed E-state index contributed by atoms with van der Waals surface area (Å²) in [5.74, 6) is 1.65. The fourth-order valence-corrected chi connectivity index (χ4v) is 2.68. The van der Waals surface area contributed by atoms with Gasteiger partial charge in [-0.2, -0.15) is 0 Å². The minimum atomic E-state index is 0. The van der Waals surface area contributed by atoms with Gasteiger partial charge in [0.1, 0.15) is 0 Å². The van der Waals surface area contributed by atoms with Crippen molar-refractivity contribution in [2.24, 2.45) is 0 Å². The molecule has 0 saturated carbocycles. The highest BCUT2D eigenvalue weighted by Crippen LogP contribution is 2.38. The van der Waals surface area contributed by atoms with Crippen LogP contribution in [0.1, 0.15) is 18.4 Å². The number of amides is 1. The molecule has 2 N–H and O–H groups in total. The molecule has 23 heavy (non-hydrogen) atoms. The molecule has 1 aliphatic rings. The van der Waals surface area contributed by atoms with E-state index in [0.29, 0.717) is 17.2 Å². The zero-order valence-electron chi connectivity index (χ0n) is 13.8. The first-order chi connectivity index (χ1) is 10.7. The number of carbonyl (C=O) groups is 1. The summed E-state index contributed by atoms with van der Waals surface area (Å²) in [6, 6.07) is 3.82. The molecule has 6 nitrogen and oxygen atoms in total. The second-order valence-electron chi connectivity index (χ2n) is 5.32. The molecule has 0 radical (unpaired) electrons. The van der Waals surface area contributed by atoms with Crippen LogP contribution in [0, 0.1) is 0 Å². The van der Waals surface area contributed by atoms with Gasteiger partial charge < -0.3 is 24.8 Å². The number of benzene rings is 1. The van der Waals surface area contributed by atoms with Crippen molar-refractivity contribution in [3.63, 3.8) is 0 Å². The first kappa shape index (κ1) is 19.4. The predicted molar refractivity (Wildman–Crippen MR) is 91.1 cm³/mol. The summed E-state index contributed by atoms with van der Waals surface area (Å²) in [6.07, 6.45) is 2.40. The first-order valence-corrected chi connectivity index (χ1v) is 7.47. The SMILES string of the molecule is COc1cc(CC(=O)N[C@H]2CCCNC2)cc(OC)c1OC.Cl. The summed E-state index contributed by atoms with van der Waals surface area (Å²) in [5, 5.41) is 6.34. The van der Waals surface area contributed by atoms with E-state index >= 15 is 0 Å². The van der Waals surface area contributed by atoms with Gasteiger partial charge in [-0.15, -0.1) is 12.4 Å². The van der Waals surface area contributed by atoms with E-state index in [-0.39, 0.29) is 30.8 Å². The molecule has 1 heterocycles. The normalized spacial score (nSPS) is 16.9. The van der Waals surface area contributed by atoms with Crippen molar-refractivity contribution in [3.05, 3.63) is 17.7 Å². The zero-order valence-corrected chi connectivity index (χ0v) is 14.6. The van der Waals surface area contributed by atoms with Crippen LogP contribution in [0.25, 0.3) is 0 Å². The van der Waals surface area contributed by atoms with Crippen molar-refractivity contribution in [2.45, 2.75) is 25.3 Å². The lowest BCUT2D eigenvalue weighted by Gasteiger charge is -2.24. The quantitative estimate of drug-likeness (QED) is 0.819. The highest BCUT2D eigenvalue weighted by Gasteiger charge is 2.18. The van der Waals surface area contributed by atoms with E-state index in [4.69, 9.17) is 14.2 Å². The molecule has 0 aromatic heterocycles. The van der Waals surface area contributed by atoms with Crippen LogP contribution in [0.15, 0.2) is 12.1 Å². The predicted octanol–water partition coefficient (Wildman–Crippen LogP) is 1.54. The minimum Gasteiger partial charge on any atom is -0.493 e. The molecule has 1 saturated heterocycles. The molecule has 1 aromatic rings. The van der Waals surface area contributed by atoms with Gasteiger partial charge in [0.15, 0.2) is 11.5 Å². The zero-order chi connectivity index (χ0) is 15.9. The molecule has 2 rings (SSSR count). The van der Waals surface area contributed by atoms with Crippen LogP contribution in [-0.2, 0) is 11.2 Å². The maximum Gasteiger partial charge on any atom is 0.224 e. The smallest absolute Gasteiger partial charge is 0.224 e. The van der Waals surface area contributed by atoms with Gasteiger partial charge in [-0.3, -0.25) is 4.79 Å². The van der Waals surface area contributed by atoms with Gasteiger partial charge in [0.05, 0.1) is 27.8 Å². The van der Waals surface area contributed by atoms with Crippen molar-refractivity contribution < 1.29 is 19.0 Å². The summed E-state index contributed by atoms with van der Waals surface area (Å²) in [5.41, 5.74) is 0.829. The Morgan fingerprint density at radius 1 is 1.22 bits per heavy atom. The molecule has 1 fully saturated rings. The Kier molecular flexibility index (Phi) is 7.98. The van der Waals surface area contributed by atoms with Crippen LogP contribution in [0.5, 0.6) is 17.2 Å². The third-order valence-corrected chi connectivity index (χ3v) is 3.75. The molecule has 1 aliphatic heterocycles. The van der Waals surface area contributed by atoms with E-state index in [1.165, 1.54) is 0 Å². The third-order valence-electron chi connectivity index (χ3n) is 3.75. The van der Waals surface area contributed by atoms with Crippen LogP contribution in [0.4, 0.5) is 0 Å². The van der Waals surface area contributed by atoms with Crippen LogP contribution < -0.4 is 24.8 Å².